The molecule has 0 fully saturated rings. The highest BCUT2D eigenvalue weighted by Gasteiger charge is 2.15. The van der Waals surface area contributed by atoms with E-state index in [9.17, 15) is 5.11 Å². The summed E-state index contributed by atoms with van der Waals surface area (Å²) >= 11 is 1.23. The number of hydrogen-bond donors (Lipinski definition) is 1. The van der Waals surface area contributed by atoms with Gasteiger partial charge in [-0.25, -0.2) is 0 Å². The molecule has 1 unspecified atom stereocenters. The van der Waals surface area contributed by atoms with Gasteiger partial charge in [0.2, 0.25) is 0 Å². The lowest BCUT2D eigenvalue weighted by Crippen LogP contribution is -2.02. The van der Waals surface area contributed by atoms with Crippen molar-refractivity contribution in [1.82, 2.24) is 9.59 Å². The van der Waals surface area contributed by atoms with Crippen LogP contribution >= 0.6 is 11.5 Å². The Balaban J connectivity index is 2.34. The van der Waals surface area contributed by atoms with Crippen molar-refractivity contribution in [3.8, 4) is 5.75 Å². The van der Waals surface area contributed by atoms with E-state index in [0.717, 1.165) is 16.9 Å². The lowest BCUT2D eigenvalue weighted by atomic mass is 10.0. The van der Waals surface area contributed by atoms with Crippen LogP contribution in [0.1, 0.15) is 22.9 Å². The quantitative estimate of drug-likeness (QED) is 0.884. The molecule has 1 heterocycles. The normalized spacial score (nSPS) is 12.4. The van der Waals surface area contributed by atoms with Crippen molar-refractivity contribution in [3.05, 3.63) is 40.4 Å². The second kappa shape index (κ2) is 4.59. The first kappa shape index (κ1) is 11.0. The van der Waals surface area contributed by atoms with Gasteiger partial charge >= 0.3 is 0 Å². The van der Waals surface area contributed by atoms with E-state index in [1.807, 2.05) is 25.1 Å². The van der Waals surface area contributed by atoms with Gasteiger partial charge in [0.05, 0.1) is 7.11 Å². The molecule has 0 aliphatic heterocycles. The zero-order chi connectivity index (χ0) is 11.5. The average molecular weight is 236 g/mol. The second-order valence-electron chi connectivity index (χ2n) is 3.45. The van der Waals surface area contributed by atoms with Gasteiger partial charge in [0.15, 0.2) is 0 Å². The fourth-order valence-electron chi connectivity index (χ4n) is 1.53. The Morgan fingerprint density at radius 2 is 2.25 bits per heavy atom. The number of methoxy groups -OCH3 is 1. The molecule has 0 radical (unpaired) electrons. The van der Waals surface area contributed by atoms with Gasteiger partial charge in [-0.1, -0.05) is 10.6 Å². The molecule has 0 spiro atoms. The van der Waals surface area contributed by atoms with E-state index < -0.39 is 6.10 Å². The first-order valence-electron chi connectivity index (χ1n) is 4.82. The van der Waals surface area contributed by atoms with Crippen LogP contribution in [0.3, 0.4) is 0 Å². The van der Waals surface area contributed by atoms with Gasteiger partial charge in [-0.3, -0.25) is 0 Å². The standard InChI is InChI=1S/C11H12N2O2S/c1-7-5-8(15-2)3-4-9(7)11(14)10-6-16-13-12-10/h3-6,11,14H,1-2H3. The third-order valence-corrected chi connectivity index (χ3v) is 2.95. The van der Waals surface area contributed by atoms with Crippen LogP contribution in [0, 0.1) is 6.92 Å². The maximum Gasteiger partial charge on any atom is 0.124 e. The number of ether oxygens (including phenoxy) is 1. The molecule has 1 aromatic heterocycles. The van der Waals surface area contributed by atoms with Gasteiger partial charge in [-0.15, -0.1) is 5.10 Å². The van der Waals surface area contributed by atoms with Crippen molar-refractivity contribution in [1.29, 1.82) is 0 Å². The maximum atomic E-state index is 10.1. The molecule has 5 heteroatoms. The summed E-state index contributed by atoms with van der Waals surface area (Å²) in [5.41, 5.74) is 2.38. The maximum absolute atomic E-state index is 10.1. The molecule has 16 heavy (non-hydrogen) atoms. The highest BCUT2D eigenvalue weighted by Crippen LogP contribution is 2.26. The Kier molecular flexibility index (Phi) is 3.17. The summed E-state index contributed by atoms with van der Waals surface area (Å²) in [6.07, 6.45) is -0.718. The number of nitrogens with zero attached hydrogens (tertiary/aromatic N) is 2. The Morgan fingerprint density at radius 1 is 1.44 bits per heavy atom. The highest BCUT2D eigenvalue weighted by molar-refractivity contribution is 7.03. The molecular formula is C11H12N2O2S. The van der Waals surface area contributed by atoms with E-state index in [1.54, 1.807) is 12.5 Å². The molecule has 1 atom stereocenters. The minimum atomic E-state index is -0.718. The van der Waals surface area contributed by atoms with Crippen LogP contribution < -0.4 is 4.74 Å². The summed E-state index contributed by atoms with van der Waals surface area (Å²) in [7, 11) is 1.62. The van der Waals surface area contributed by atoms with Gasteiger partial charge in [0, 0.05) is 5.38 Å². The number of hydrogen-bond acceptors (Lipinski definition) is 5. The fraction of sp³-hybridized carbons (Fsp3) is 0.273. The summed E-state index contributed by atoms with van der Waals surface area (Å²) in [6, 6.07) is 5.56. The lowest BCUT2D eigenvalue weighted by Gasteiger charge is -2.12. The Hall–Kier alpha value is -1.46. The fourth-order valence-corrected chi connectivity index (χ4v) is 2.00. The third kappa shape index (κ3) is 2.05. The summed E-state index contributed by atoms with van der Waals surface area (Å²) in [6.45, 7) is 1.93. The van der Waals surface area contributed by atoms with Gasteiger partial charge in [-0.2, -0.15) is 0 Å². The molecule has 0 aliphatic rings. The molecule has 1 N–H and O–H groups in total. The van der Waals surface area contributed by atoms with Crippen LogP contribution in [0.15, 0.2) is 23.6 Å². The molecule has 2 rings (SSSR count). The van der Waals surface area contributed by atoms with Crippen molar-refractivity contribution in [2.24, 2.45) is 0 Å². The molecule has 0 aliphatic carbocycles. The van der Waals surface area contributed by atoms with Crippen LogP contribution in [0.2, 0.25) is 0 Å². The second-order valence-corrected chi connectivity index (χ2v) is 4.06. The third-order valence-electron chi connectivity index (χ3n) is 2.43. The summed E-state index contributed by atoms with van der Waals surface area (Å²) < 4.78 is 8.85. The predicted molar refractivity (Wildman–Crippen MR) is 61.7 cm³/mol. The van der Waals surface area contributed by atoms with E-state index in [1.165, 1.54) is 11.5 Å². The molecule has 0 amide bonds. The molecule has 2 aromatic rings. The molecule has 0 saturated heterocycles. The number of aliphatic hydroxyl groups excluding tert-OH is 1. The van der Waals surface area contributed by atoms with E-state index >= 15 is 0 Å². The van der Waals surface area contributed by atoms with E-state index in [-0.39, 0.29) is 0 Å². The monoisotopic (exact) mass is 236 g/mol. The summed E-state index contributed by atoms with van der Waals surface area (Å²) in [5, 5.41) is 15.7. The number of aliphatic hydroxyl groups is 1. The van der Waals surface area contributed by atoms with Crippen molar-refractivity contribution < 1.29 is 9.84 Å². The van der Waals surface area contributed by atoms with Crippen LogP contribution in [0.5, 0.6) is 5.75 Å². The minimum Gasteiger partial charge on any atom is -0.497 e. The number of benzene rings is 1. The largest absolute Gasteiger partial charge is 0.497 e. The highest BCUT2D eigenvalue weighted by atomic mass is 32.1. The zero-order valence-corrected chi connectivity index (χ0v) is 9.86. The van der Waals surface area contributed by atoms with Gasteiger partial charge < -0.3 is 9.84 Å². The molecule has 4 nitrogen and oxygen atoms in total. The Labute approximate surface area is 97.7 Å². The molecule has 84 valence electrons. The minimum absolute atomic E-state index is 0.582. The predicted octanol–water partition coefficient (Wildman–Crippen LogP) is 1.94. The number of aromatic nitrogens is 2. The SMILES string of the molecule is COc1ccc(C(O)c2csnn2)c(C)c1. The van der Waals surface area contributed by atoms with Crippen LogP contribution in [-0.2, 0) is 0 Å². The summed E-state index contributed by atoms with van der Waals surface area (Å²) in [4.78, 5) is 0. The Bertz CT molecular complexity index is 471. The van der Waals surface area contributed by atoms with E-state index in [4.69, 9.17) is 4.74 Å². The molecule has 1 aromatic carbocycles. The van der Waals surface area contributed by atoms with Gasteiger partial charge in [0.25, 0.3) is 0 Å². The van der Waals surface area contributed by atoms with Crippen molar-refractivity contribution in [3.63, 3.8) is 0 Å². The van der Waals surface area contributed by atoms with Crippen molar-refractivity contribution >= 4 is 11.5 Å². The van der Waals surface area contributed by atoms with E-state index in [0.29, 0.717) is 5.69 Å². The van der Waals surface area contributed by atoms with Crippen molar-refractivity contribution in [2.45, 2.75) is 13.0 Å². The average Bonchev–Trinajstić information content (AvgIpc) is 2.81. The smallest absolute Gasteiger partial charge is 0.124 e. The first-order valence-corrected chi connectivity index (χ1v) is 5.65. The van der Waals surface area contributed by atoms with Gasteiger partial charge in [0.1, 0.15) is 17.5 Å². The number of rotatable bonds is 3. The Morgan fingerprint density at radius 3 is 2.81 bits per heavy atom. The molecule has 0 bridgehead atoms. The number of aryl methyl sites for hydroxylation is 1. The van der Waals surface area contributed by atoms with Gasteiger partial charge in [-0.05, 0) is 41.7 Å². The zero-order valence-electron chi connectivity index (χ0n) is 9.04. The first-order chi connectivity index (χ1) is 7.72. The van der Waals surface area contributed by atoms with Crippen LogP contribution in [0.25, 0.3) is 0 Å². The summed E-state index contributed by atoms with van der Waals surface area (Å²) in [5.74, 6) is 0.782. The van der Waals surface area contributed by atoms with E-state index in [2.05, 4.69) is 9.59 Å². The topological polar surface area (TPSA) is 55.2 Å². The molecule has 0 saturated carbocycles. The van der Waals surface area contributed by atoms with Crippen molar-refractivity contribution in [2.75, 3.05) is 7.11 Å². The van der Waals surface area contributed by atoms with Crippen LogP contribution in [0.4, 0.5) is 0 Å². The van der Waals surface area contributed by atoms with Crippen LogP contribution in [-0.4, -0.2) is 21.8 Å². The lowest BCUT2D eigenvalue weighted by molar-refractivity contribution is 0.214. The molecular weight excluding hydrogens is 224 g/mol.